The van der Waals surface area contributed by atoms with Gasteiger partial charge >= 0.3 is 0 Å². The van der Waals surface area contributed by atoms with Crippen molar-refractivity contribution in [2.24, 2.45) is 0 Å². The minimum absolute atomic E-state index is 0.246. The monoisotopic (exact) mass is 369 g/mol. The summed E-state index contributed by atoms with van der Waals surface area (Å²) in [7, 11) is 0. The molecule has 1 fully saturated rings. The van der Waals surface area contributed by atoms with Gasteiger partial charge in [0.25, 0.3) is 5.91 Å². The van der Waals surface area contributed by atoms with Crippen molar-refractivity contribution in [3.63, 3.8) is 0 Å². The van der Waals surface area contributed by atoms with Gasteiger partial charge in [-0.05, 0) is 43.2 Å². The second-order valence-electron chi connectivity index (χ2n) is 6.78. The third-order valence-electron chi connectivity index (χ3n) is 5.03. The number of amides is 1. The van der Waals surface area contributed by atoms with Crippen LogP contribution in [0.1, 0.15) is 48.5 Å². The molecule has 1 aliphatic carbocycles. The molecule has 2 N–H and O–H groups in total. The predicted molar refractivity (Wildman–Crippen MR) is 103 cm³/mol. The number of carbonyl (C=O) groups is 1. The molecule has 0 unspecified atom stereocenters. The van der Waals surface area contributed by atoms with Gasteiger partial charge in [-0.1, -0.05) is 30.9 Å². The molecular formula is C20H20ClN3O2. The van der Waals surface area contributed by atoms with Crippen molar-refractivity contribution in [2.45, 2.75) is 38.1 Å². The molecule has 1 amide bonds. The van der Waals surface area contributed by atoms with Crippen LogP contribution in [0, 0.1) is 0 Å². The van der Waals surface area contributed by atoms with E-state index in [0.717, 1.165) is 23.6 Å². The summed E-state index contributed by atoms with van der Waals surface area (Å²) in [6, 6.07) is 9.11. The summed E-state index contributed by atoms with van der Waals surface area (Å²) in [5.74, 6) is 0.0659. The third-order valence-corrected chi connectivity index (χ3v) is 5.25. The maximum atomic E-state index is 12.3. The molecule has 26 heavy (non-hydrogen) atoms. The first-order chi connectivity index (χ1) is 12.6. The van der Waals surface area contributed by atoms with Crippen LogP contribution < -0.4 is 5.32 Å². The number of fused-ring (bicyclic) bond motifs is 1. The summed E-state index contributed by atoms with van der Waals surface area (Å²) < 4.78 is 1.98. The standard InChI is InChI=1S/C20H20ClN3O2/c21-18-9-6-13(11-22-18)19(25)23-15-7-8-17-14(10-15)12-24(20(17)26)16-4-2-1-3-5-16/h6-12,16,26H,1-5H2,(H,23,25). The van der Waals surface area contributed by atoms with Gasteiger partial charge in [0.2, 0.25) is 0 Å². The van der Waals surface area contributed by atoms with E-state index in [1.165, 1.54) is 25.5 Å². The van der Waals surface area contributed by atoms with Crippen molar-refractivity contribution >= 4 is 34.0 Å². The predicted octanol–water partition coefficient (Wildman–Crippen LogP) is 5.15. The van der Waals surface area contributed by atoms with Crippen LogP contribution in [0.4, 0.5) is 5.69 Å². The van der Waals surface area contributed by atoms with E-state index in [2.05, 4.69) is 10.3 Å². The average molecular weight is 370 g/mol. The van der Waals surface area contributed by atoms with Crippen molar-refractivity contribution in [1.82, 2.24) is 9.55 Å². The highest BCUT2D eigenvalue weighted by molar-refractivity contribution is 6.29. The Bertz CT molecular complexity index is 944. The van der Waals surface area contributed by atoms with Crippen LogP contribution in [0.2, 0.25) is 5.15 Å². The molecule has 0 bridgehead atoms. The van der Waals surface area contributed by atoms with Crippen LogP contribution in [0.3, 0.4) is 0 Å². The zero-order valence-corrected chi connectivity index (χ0v) is 15.0. The van der Waals surface area contributed by atoms with Gasteiger partial charge in [-0.15, -0.1) is 0 Å². The molecule has 1 aliphatic rings. The Morgan fingerprint density at radius 1 is 1.19 bits per heavy atom. The number of hydrogen-bond donors (Lipinski definition) is 2. The maximum Gasteiger partial charge on any atom is 0.257 e. The highest BCUT2D eigenvalue weighted by atomic mass is 35.5. The number of halogens is 1. The second kappa shape index (κ2) is 7.00. The van der Waals surface area contributed by atoms with Gasteiger partial charge in [0, 0.05) is 34.9 Å². The summed E-state index contributed by atoms with van der Waals surface area (Å²) in [5.41, 5.74) is 1.12. The summed E-state index contributed by atoms with van der Waals surface area (Å²) in [6.45, 7) is 0. The molecule has 0 spiro atoms. The molecule has 0 aliphatic heterocycles. The Labute approximate surface area is 156 Å². The first kappa shape index (κ1) is 16.9. The highest BCUT2D eigenvalue weighted by Crippen LogP contribution is 2.37. The van der Waals surface area contributed by atoms with Gasteiger partial charge in [0.1, 0.15) is 5.15 Å². The lowest BCUT2D eigenvalue weighted by Gasteiger charge is -2.23. The average Bonchev–Trinajstić information content (AvgIpc) is 2.99. The summed E-state index contributed by atoms with van der Waals surface area (Å²) in [5, 5.41) is 15.5. The van der Waals surface area contributed by atoms with Crippen molar-refractivity contribution in [1.29, 1.82) is 0 Å². The van der Waals surface area contributed by atoms with Gasteiger partial charge in [0.05, 0.1) is 5.56 Å². The van der Waals surface area contributed by atoms with E-state index in [4.69, 9.17) is 11.6 Å². The Morgan fingerprint density at radius 3 is 2.73 bits per heavy atom. The smallest absolute Gasteiger partial charge is 0.257 e. The lowest BCUT2D eigenvalue weighted by Crippen LogP contribution is -2.11. The fraction of sp³-hybridized carbons (Fsp3) is 0.300. The first-order valence-electron chi connectivity index (χ1n) is 8.88. The Hall–Kier alpha value is -2.53. The van der Waals surface area contributed by atoms with Crippen molar-refractivity contribution < 1.29 is 9.90 Å². The third kappa shape index (κ3) is 3.27. The largest absolute Gasteiger partial charge is 0.494 e. The summed E-state index contributed by atoms with van der Waals surface area (Å²) >= 11 is 5.75. The van der Waals surface area contributed by atoms with E-state index in [-0.39, 0.29) is 5.91 Å². The SMILES string of the molecule is O=C(Nc1ccc2c(O)n(C3CCCCC3)cc2c1)c1ccc(Cl)nc1. The lowest BCUT2D eigenvalue weighted by molar-refractivity contribution is 0.102. The molecule has 4 rings (SSSR count). The number of aromatic nitrogens is 2. The number of anilines is 1. The van der Waals surface area contributed by atoms with Crippen LogP contribution in [-0.4, -0.2) is 20.6 Å². The van der Waals surface area contributed by atoms with Crippen LogP contribution in [0.15, 0.2) is 42.7 Å². The molecule has 1 saturated carbocycles. The number of rotatable bonds is 3. The number of pyridine rings is 1. The maximum absolute atomic E-state index is 12.3. The van der Waals surface area contributed by atoms with E-state index in [1.807, 2.05) is 22.9 Å². The number of benzene rings is 1. The minimum atomic E-state index is -0.246. The van der Waals surface area contributed by atoms with E-state index in [1.54, 1.807) is 18.2 Å². The number of nitrogens with zero attached hydrogens (tertiary/aromatic N) is 2. The number of hydrogen-bond acceptors (Lipinski definition) is 3. The summed E-state index contributed by atoms with van der Waals surface area (Å²) in [4.78, 5) is 16.3. The van der Waals surface area contributed by atoms with Crippen molar-refractivity contribution in [3.05, 3.63) is 53.4 Å². The van der Waals surface area contributed by atoms with Crippen LogP contribution in [-0.2, 0) is 0 Å². The number of nitrogens with one attached hydrogen (secondary N) is 1. The highest BCUT2D eigenvalue weighted by Gasteiger charge is 2.19. The molecule has 134 valence electrons. The van der Waals surface area contributed by atoms with Gasteiger partial charge in [-0.25, -0.2) is 4.98 Å². The van der Waals surface area contributed by atoms with Gasteiger partial charge in [-0.3, -0.25) is 4.79 Å². The van der Waals surface area contributed by atoms with Gasteiger partial charge in [0.15, 0.2) is 5.88 Å². The molecular weight excluding hydrogens is 350 g/mol. The Morgan fingerprint density at radius 2 is 2.00 bits per heavy atom. The molecule has 2 heterocycles. The molecule has 5 nitrogen and oxygen atoms in total. The van der Waals surface area contributed by atoms with E-state index in [0.29, 0.717) is 28.3 Å². The number of carbonyl (C=O) groups excluding carboxylic acids is 1. The zero-order valence-electron chi connectivity index (χ0n) is 14.3. The quantitative estimate of drug-likeness (QED) is 0.627. The van der Waals surface area contributed by atoms with Crippen molar-refractivity contribution in [3.8, 4) is 5.88 Å². The summed E-state index contributed by atoms with van der Waals surface area (Å²) in [6.07, 6.45) is 9.31. The fourth-order valence-corrected chi connectivity index (χ4v) is 3.76. The Kier molecular flexibility index (Phi) is 4.55. The van der Waals surface area contributed by atoms with E-state index < -0.39 is 0 Å². The molecule has 1 aromatic carbocycles. The molecule has 0 atom stereocenters. The van der Waals surface area contributed by atoms with Crippen LogP contribution in [0.5, 0.6) is 5.88 Å². The molecule has 0 saturated heterocycles. The zero-order chi connectivity index (χ0) is 18.1. The molecule has 3 aromatic rings. The van der Waals surface area contributed by atoms with E-state index in [9.17, 15) is 9.90 Å². The Balaban J connectivity index is 1.59. The number of aromatic hydroxyl groups is 1. The normalized spacial score (nSPS) is 15.3. The van der Waals surface area contributed by atoms with Gasteiger partial charge in [-0.2, -0.15) is 0 Å². The van der Waals surface area contributed by atoms with Gasteiger partial charge < -0.3 is 15.0 Å². The van der Waals surface area contributed by atoms with E-state index >= 15 is 0 Å². The van der Waals surface area contributed by atoms with Crippen LogP contribution >= 0.6 is 11.6 Å². The second-order valence-corrected chi connectivity index (χ2v) is 7.16. The lowest BCUT2D eigenvalue weighted by atomic mass is 9.95. The minimum Gasteiger partial charge on any atom is -0.494 e. The van der Waals surface area contributed by atoms with Crippen LogP contribution in [0.25, 0.3) is 10.8 Å². The molecule has 2 aromatic heterocycles. The topological polar surface area (TPSA) is 67.2 Å². The fourth-order valence-electron chi connectivity index (χ4n) is 3.65. The first-order valence-corrected chi connectivity index (χ1v) is 9.26. The molecule has 6 heteroatoms. The van der Waals surface area contributed by atoms with Crippen molar-refractivity contribution in [2.75, 3.05) is 5.32 Å². The molecule has 0 radical (unpaired) electrons.